The number of anilines is 2. The lowest BCUT2D eigenvalue weighted by atomic mass is 9.95. The van der Waals surface area contributed by atoms with Gasteiger partial charge in [-0.1, -0.05) is 19.3 Å². The lowest BCUT2D eigenvalue weighted by Crippen LogP contribution is -2.43. The molecule has 0 spiro atoms. The maximum atomic E-state index is 12.8. The van der Waals surface area contributed by atoms with Crippen LogP contribution in [0.1, 0.15) is 44.1 Å². The van der Waals surface area contributed by atoms with Gasteiger partial charge in [0.2, 0.25) is 5.91 Å². The molecule has 0 bridgehead atoms. The smallest absolute Gasteiger partial charge is 0.242 e. The molecule has 1 unspecified atom stereocenters. The number of likely N-dealkylation sites (N-methyl/N-ethyl adjacent to an activating group) is 1. The zero-order valence-electron chi connectivity index (χ0n) is 15.0. The highest BCUT2D eigenvalue weighted by atomic mass is 16.2. The van der Waals surface area contributed by atoms with Gasteiger partial charge < -0.3 is 20.4 Å². The summed E-state index contributed by atoms with van der Waals surface area (Å²) in [6.07, 6.45) is 8.93. The highest BCUT2D eigenvalue weighted by molar-refractivity contribution is 5.84. The molecule has 2 N–H and O–H groups in total. The summed E-state index contributed by atoms with van der Waals surface area (Å²) in [6, 6.07) is 0.758. The van der Waals surface area contributed by atoms with Crippen LogP contribution in [0.25, 0.3) is 0 Å². The molecule has 136 valence electrons. The van der Waals surface area contributed by atoms with Crippen molar-refractivity contribution in [2.24, 2.45) is 0 Å². The topological polar surface area (TPSA) is 73.4 Å². The van der Waals surface area contributed by atoms with Crippen LogP contribution in [0.5, 0.6) is 0 Å². The molecule has 7 heteroatoms. The van der Waals surface area contributed by atoms with E-state index in [4.69, 9.17) is 0 Å². The summed E-state index contributed by atoms with van der Waals surface area (Å²) >= 11 is 0. The van der Waals surface area contributed by atoms with Gasteiger partial charge in [-0.05, 0) is 25.8 Å². The van der Waals surface area contributed by atoms with Gasteiger partial charge in [-0.2, -0.15) is 0 Å². The third kappa shape index (κ3) is 3.42. The third-order valence-electron chi connectivity index (χ3n) is 5.73. The normalized spacial score (nSPS) is 25.0. The van der Waals surface area contributed by atoms with Crippen molar-refractivity contribution in [2.75, 3.05) is 36.9 Å². The molecule has 7 nitrogen and oxygen atoms in total. The number of nitrogens with zero attached hydrogens (tertiary/aromatic N) is 4. The second-order valence-electron chi connectivity index (χ2n) is 7.53. The molecular weight excluding hydrogens is 316 g/mol. The van der Waals surface area contributed by atoms with Gasteiger partial charge in [0.05, 0.1) is 18.7 Å². The molecule has 4 rings (SSSR count). The van der Waals surface area contributed by atoms with Crippen LogP contribution in [0.2, 0.25) is 0 Å². The third-order valence-corrected chi connectivity index (χ3v) is 5.73. The maximum Gasteiger partial charge on any atom is 0.242 e. The molecular formula is C18H28N6O. The molecule has 1 saturated carbocycles. The Morgan fingerprint density at radius 3 is 2.76 bits per heavy atom. The van der Waals surface area contributed by atoms with E-state index in [-0.39, 0.29) is 11.9 Å². The number of hydrogen-bond acceptors (Lipinski definition) is 6. The molecule has 1 aromatic rings. The van der Waals surface area contributed by atoms with E-state index < -0.39 is 0 Å². The summed E-state index contributed by atoms with van der Waals surface area (Å²) in [5.41, 5.74) is 1.06. The van der Waals surface area contributed by atoms with E-state index in [9.17, 15) is 4.79 Å². The molecule has 3 aliphatic rings. The minimum Gasteiger partial charge on any atom is -0.367 e. The number of rotatable bonds is 3. The first-order valence-corrected chi connectivity index (χ1v) is 9.54. The van der Waals surface area contributed by atoms with Gasteiger partial charge in [-0.15, -0.1) is 0 Å². The van der Waals surface area contributed by atoms with Crippen molar-refractivity contribution in [1.29, 1.82) is 0 Å². The number of carbonyl (C=O) groups is 1. The van der Waals surface area contributed by atoms with Crippen LogP contribution in [0.4, 0.5) is 11.6 Å². The number of aromatic nitrogens is 2. The Hall–Kier alpha value is -1.89. The van der Waals surface area contributed by atoms with Gasteiger partial charge in [0.1, 0.15) is 18.0 Å². The molecule has 25 heavy (non-hydrogen) atoms. The van der Waals surface area contributed by atoms with E-state index in [2.05, 4.69) is 20.6 Å². The van der Waals surface area contributed by atoms with E-state index in [1.807, 2.05) is 16.8 Å². The van der Waals surface area contributed by atoms with Crippen LogP contribution in [0.3, 0.4) is 0 Å². The summed E-state index contributed by atoms with van der Waals surface area (Å²) < 4.78 is 0. The second-order valence-corrected chi connectivity index (χ2v) is 7.53. The van der Waals surface area contributed by atoms with Gasteiger partial charge in [-0.25, -0.2) is 9.97 Å². The fraction of sp³-hybridized carbons (Fsp3) is 0.722. The summed E-state index contributed by atoms with van der Waals surface area (Å²) in [7, 11) is 1.95. The highest BCUT2D eigenvalue weighted by Gasteiger charge is 2.33. The average molecular weight is 344 g/mol. The lowest BCUT2D eigenvalue weighted by Gasteiger charge is -2.28. The van der Waals surface area contributed by atoms with E-state index >= 15 is 0 Å². The first-order valence-electron chi connectivity index (χ1n) is 9.54. The molecule has 0 radical (unpaired) electrons. The van der Waals surface area contributed by atoms with Gasteiger partial charge in [0.25, 0.3) is 0 Å². The SMILES string of the molecule is CN1CC(=O)N(C2CCNC2)Cc2c(NC3CCCCC3)ncnc21. The fourth-order valence-corrected chi connectivity index (χ4v) is 4.31. The van der Waals surface area contributed by atoms with Gasteiger partial charge in [0, 0.05) is 25.7 Å². The van der Waals surface area contributed by atoms with Crippen LogP contribution >= 0.6 is 0 Å². The number of fused-ring (bicyclic) bond motifs is 1. The predicted molar refractivity (Wildman–Crippen MR) is 97.6 cm³/mol. The van der Waals surface area contributed by atoms with E-state index in [0.717, 1.165) is 36.7 Å². The molecule has 2 aliphatic heterocycles. The molecule has 1 aromatic heterocycles. The molecule has 1 aliphatic carbocycles. The van der Waals surface area contributed by atoms with Gasteiger partial charge in [0.15, 0.2) is 0 Å². The summed E-state index contributed by atoms with van der Waals surface area (Å²) in [5.74, 6) is 1.97. The van der Waals surface area contributed by atoms with E-state index in [1.54, 1.807) is 6.33 Å². The number of carbonyl (C=O) groups excluding carboxylic acids is 1. The first-order chi connectivity index (χ1) is 12.2. The van der Waals surface area contributed by atoms with Crippen molar-refractivity contribution in [3.05, 3.63) is 11.9 Å². The Balaban J connectivity index is 1.63. The average Bonchev–Trinajstić information content (AvgIpc) is 3.11. The quantitative estimate of drug-likeness (QED) is 0.863. The highest BCUT2D eigenvalue weighted by Crippen LogP contribution is 2.31. The molecule has 1 amide bonds. The number of nitrogens with one attached hydrogen (secondary N) is 2. The number of hydrogen-bond donors (Lipinski definition) is 2. The molecule has 0 aromatic carbocycles. The molecule has 1 saturated heterocycles. The Bertz CT molecular complexity index is 624. The minimum atomic E-state index is 0.179. The monoisotopic (exact) mass is 344 g/mol. The standard InChI is InChI=1S/C18H28N6O/c1-23-11-16(25)24(14-7-8-19-9-14)10-15-17(20-12-21-18(15)23)22-13-5-3-2-4-6-13/h12-14,19H,2-11H2,1H3,(H,20,21,22). The van der Waals surface area contributed by atoms with Crippen molar-refractivity contribution in [3.63, 3.8) is 0 Å². The van der Waals surface area contributed by atoms with E-state index in [0.29, 0.717) is 19.1 Å². The summed E-state index contributed by atoms with van der Waals surface area (Å²) in [5, 5.41) is 7.02. The molecule has 2 fully saturated rings. The maximum absolute atomic E-state index is 12.8. The first kappa shape index (κ1) is 16.6. The van der Waals surface area contributed by atoms with Crippen LogP contribution in [0.15, 0.2) is 6.33 Å². The van der Waals surface area contributed by atoms with Crippen LogP contribution in [-0.2, 0) is 11.3 Å². The Kier molecular flexibility index (Phi) is 4.74. The van der Waals surface area contributed by atoms with Crippen LogP contribution < -0.4 is 15.5 Å². The summed E-state index contributed by atoms with van der Waals surface area (Å²) in [4.78, 5) is 25.8. The largest absolute Gasteiger partial charge is 0.367 e. The Morgan fingerprint density at radius 1 is 1.16 bits per heavy atom. The Labute approximate surface area is 149 Å². The lowest BCUT2D eigenvalue weighted by molar-refractivity contribution is -0.132. The predicted octanol–water partition coefficient (Wildman–Crippen LogP) is 1.36. The fourth-order valence-electron chi connectivity index (χ4n) is 4.31. The zero-order valence-corrected chi connectivity index (χ0v) is 15.0. The van der Waals surface area contributed by atoms with Crippen molar-refractivity contribution >= 4 is 17.5 Å². The summed E-state index contributed by atoms with van der Waals surface area (Å²) in [6.45, 7) is 2.84. The van der Waals surface area contributed by atoms with Crippen LogP contribution in [0, 0.1) is 0 Å². The van der Waals surface area contributed by atoms with Gasteiger partial charge >= 0.3 is 0 Å². The van der Waals surface area contributed by atoms with Crippen molar-refractivity contribution in [3.8, 4) is 0 Å². The number of amides is 1. The van der Waals surface area contributed by atoms with Gasteiger partial charge in [-0.3, -0.25) is 4.79 Å². The zero-order chi connectivity index (χ0) is 17.2. The van der Waals surface area contributed by atoms with E-state index in [1.165, 1.54) is 32.1 Å². The van der Waals surface area contributed by atoms with Crippen molar-refractivity contribution in [2.45, 2.75) is 57.2 Å². The minimum absolute atomic E-state index is 0.179. The van der Waals surface area contributed by atoms with Crippen molar-refractivity contribution in [1.82, 2.24) is 20.2 Å². The second kappa shape index (κ2) is 7.15. The van der Waals surface area contributed by atoms with Crippen LogP contribution in [-0.4, -0.2) is 59.5 Å². The Morgan fingerprint density at radius 2 is 2.00 bits per heavy atom. The molecule has 3 heterocycles. The van der Waals surface area contributed by atoms with Crippen molar-refractivity contribution < 1.29 is 4.79 Å². The molecule has 1 atom stereocenters.